The summed E-state index contributed by atoms with van der Waals surface area (Å²) in [6.07, 6.45) is 0.955. The van der Waals surface area contributed by atoms with Gasteiger partial charge in [-0.1, -0.05) is 6.92 Å². The monoisotopic (exact) mass is 203 g/mol. The average Bonchev–Trinajstić information content (AvgIpc) is 2.16. The van der Waals surface area contributed by atoms with Gasteiger partial charge in [-0.3, -0.25) is 5.32 Å². The highest BCUT2D eigenvalue weighted by molar-refractivity contribution is 5.80. The van der Waals surface area contributed by atoms with Crippen molar-refractivity contribution < 1.29 is 14.3 Å². The summed E-state index contributed by atoms with van der Waals surface area (Å²) in [4.78, 5) is 11.5. The van der Waals surface area contributed by atoms with Crippen molar-refractivity contribution in [3.63, 3.8) is 0 Å². The number of rotatable bonds is 6. The molecule has 0 aromatic carbocycles. The summed E-state index contributed by atoms with van der Waals surface area (Å²) in [5.41, 5.74) is -0.751. The Balaban J connectivity index is 4.45. The summed E-state index contributed by atoms with van der Waals surface area (Å²) in [6, 6.07) is 0.259. The van der Waals surface area contributed by atoms with E-state index in [-0.39, 0.29) is 12.0 Å². The first-order chi connectivity index (χ1) is 6.50. The average molecular weight is 203 g/mol. The van der Waals surface area contributed by atoms with Crippen LogP contribution in [0.3, 0.4) is 0 Å². The van der Waals surface area contributed by atoms with Crippen LogP contribution in [-0.4, -0.2) is 38.4 Å². The first-order valence-electron chi connectivity index (χ1n) is 4.85. The molecule has 0 saturated carbocycles. The van der Waals surface area contributed by atoms with Crippen molar-refractivity contribution in [3.05, 3.63) is 0 Å². The summed E-state index contributed by atoms with van der Waals surface area (Å²) in [5.74, 6) is -0.292. The number of hydrogen-bond donors (Lipinski definition) is 1. The van der Waals surface area contributed by atoms with E-state index >= 15 is 0 Å². The third-order valence-corrected chi connectivity index (χ3v) is 2.25. The Labute approximate surface area is 86.0 Å². The van der Waals surface area contributed by atoms with Crippen LogP contribution >= 0.6 is 0 Å². The van der Waals surface area contributed by atoms with Gasteiger partial charge in [-0.25, -0.2) is 4.79 Å². The molecule has 0 rings (SSSR count). The maximum atomic E-state index is 11.5. The van der Waals surface area contributed by atoms with Crippen LogP contribution in [0.2, 0.25) is 0 Å². The lowest BCUT2D eigenvalue weighted by Crippen LogP contribution is -2.56. The Bertz CT molecular complexity index is 184. The van der Waals surface area contributed by atoms with Gasteiger partial charge in [-0.15, -0.1) is 0 Å². The Morgan fingerprint density at radius 3 is 2.43 bits per heavy atom. The van der Waals surface area contributed by atoms with Crippen molar-refractivity contribution in [1.82, 2.24) is 5.32 Å². The van der Waals surface area contributed by atoms with Crippen molar-refractivity contribution in [2.45, 2.75) is 38.8 Å². The van der Waals surface area contributed by atoms with E-state index in [0.717, 1.165) is 6.42 Å². The summed E-state index contributed by atoms with van der Waals surface area (Å²) >= 11 is 0. The number of ether oxygens (including phenoxy) is 2. The van der Waals surface area contributed by atoms with E-state index in [2.05, 4.69) is 12.2 Å². The largest absolute Gasteiger partial charge is 0.468 e. The van der Waals surface area contributed by atoms with E-state index in [1.165, 1.54) is 7.11 Å². The first-order valence-corrected chi connectivity index (χ1v) is 4.85. The second-order valence-corrected chi connectivity index (χ2v) is 3.71. The number of carbonyl (C=O) groups excluding carboxylic acids is 1. The van der Waals surface area contributed by atoms with E-state index in [4.69, 9.17) is 9.47 Å². The van der Waals surface area contributed by atoms with Gasteiger partial charge in [0.15, 0.2) is 0 Å². The van der Waals surface area contributed by atoms with Gasteiger partial charge in [0.25, 0.3) is 0 Å². The van der Waals surface area contributed by atoms with Crippen LogP contribution in [0.15, 0.2) is 0 Å². The van der Waals surface area contributed by atoms with Gasteiger partial charge in [-0.2, -0.15) is 0 Å². The zero-order valence-corrected chi connectivity index (χ0v) is 9.72. The number of methoxy groups -OCH3 is 2. The lowest BCUT2D eigenvalue weighted by molar-refractivity contribution is -0.150. The molecule has 0 radical (unpaired) electrons. The molecular weight excluding hydrogens is 182 g/mol. The lowest BCUT2D eigenvalue weighted by Gasteiger charge is -2.30. The molecule has 0 heterocycles. The van der Waals surface area contributed by atoms with Gasteiger partial charge in [0.2, 0.25) is 0 Å². The van der Waals surface area contributed by atoms with Crippen LogP contribution in [0.1, 0.15) is 27.2 Å². The molecule has 0 aromatic heterocycles. The highest BCUT2D eigenvalue weighted by Crippen LogP contribution is 2.09. The predicted octanol–water partition coefficient (Wildman–Crippen LogP) is 0.953. The summed E-state index contributed by atoms with van der Waals surface area (Å²) < 4.78 is 9.74. The fourth-order valence-electron chi connectivity index (χ4n) is 1.32. The van der Waals surface area contributed by atoms with Crippen LogP contribution in [0.25, 0.3) is 0 Å². The molecule has 0 bridgehead atoms. The fourth-order valence-corrected chi connectivity index (χ4v) is 1.32. The zero-order chi connectivity index (χ0) is 11.2. The molecule has 0 amide bonds. The van der Waals surface area contributed by atoms with Crippen molar-refractivity contribution in [1.29, 1.82) is 0 Å². The number of carbonyl (C=O) groups is 1. The van der Waals surface area contributed by atoms with Crippen LogP contribution in [0.5, 0.6) is 0 Å². The van der Waals surface area contributed by atoms with Crippen LogP contribution in [-0.2, 0) is 14.3 Å². The third kappa shape index (κ3) is 3.64. The molecule has 0 aliphatic rings. The second-order valence-electron chi connectivity index (χ2n) is 3.71. The molecule has 0 aromatic rings. The molecule has 4 heteroatoms. The number of hydrogen-bond acceptors (Lipinski definition) is 4. The maximum Gasteiger partial charge on any atom is 0.328 e. The van der Waals surface area contributed by atoms with Crippen molar-refractivity contribution >= 4 is 5.97 Å². The van der Waals surface area contributed by atoms with Crippen LogP contribution in [0, 0.1) is 0 Å². The van der Waals surface area contributed by atoms with Crippen LogP contribution in [0.4, 0.5) is 0 Å². The van der Waals surface area contributed by atoms with Gasteiger partial charge in [0.05, 0.1) is 13.7 Å². The Morgan fingerprint density at radius 1 is 1.50 bits per heavy atom. The smallest absolute Gasteiger partial charge is 0.328 e. The molecule has 14 heavy (non-hydrogen) atoms. The number of esters is 1. The molecule has 0 fully saturated rings. The normalized spacial score (nSPS) is 17.2. The van der Waals surface area contributed by atoms with E-state index in [9.17, 15) is 4.79 Å². The molecule has 84 valence electrons. The van der Waals surface area contributed by atoms with E-state index in [0.29, 0.717) is 6.61 Å². The second kappa shape index (κ2) is 5.98. The fraction of sp³-hybridized carbons (Fsp3) is 0.900. The molecule has 0 saturated heterocycles. The Kier molecular flexibility index (Phi) is 5.72. The topological polar surface area (TPSA) is 47.6 Å². The Hall–Kier alpha value is -0.610. The van der Waals surface area contributed by atoms with E-state index in [1.54, 1.807) is 14.0 Å². The molecular formula is C10H21NO3. The molecule has 0 spiro atoms. The van der Waals surface area contributed by atoms with E-state index < -0.39 is 5.54 Å². The summed E-state index contributed by atoms with van der Waals surface area (Å²) in [5, 5.41) is 3.20. The zero-order valence-electron chi connectivity index (χ0n) is 9.72. The predicted molar refractivity (Wildman–Crippen MR) is 55.2 cm³/mol. The quantitative estimate of drug-likeness (QED) is 0.653. The highest BCUT2D eigenvalue weighted by atomic mass is 16.5. The SMILES string of the molecule is CCC(C)NC(C)(COC)C(=O)OC. The van der Waals surface area contributed by atoms with Crippen LogP contribution < -0.4 is 5.32 Å². The van der Waals surface area contributed by atoms with Gasteiger partial charge in [0.1, 0.15) is 5.54 Å². The molecule has 4 nitrogen and oxygen atoms in total. The minimum Gasteiger partial charge on any atom is -0.468 e. The minimum atomic E-state index is -0.751. The summed E-state index contributed by atoms with van der Waals surface area (Å²) in [7, 11) is 2.95. The van der Waals surface area contributed by atoms with Gasteiger partial charge < -0.3 is 9.47 Å². The van der Waals surface area contributed by atoms with Gasteiger partial charge >= 0.3 is 5.97 Å². The molecule has 0 aliphatic heterocycles. The van der Waals surface area contributed by atoms with Gasteiger partial charge in [-0.05, 0) is 20.3 Å². The molecule has 0 aliphatic carbocycles. The van der Waals surface area contributed by atoms with Gasteiger partial charge in [0, 0.05) is 13.2 Å². The first kappa shape index (κ1) is 13.4. The molecule has 1 N–H and O–H groups in total. The third-order valence-electron chi connectivity index (χ3n) is 2.25. The summed E-state index contributed by atoms with van der Waals surface area (Å²) in [6.45, 7) is 6.18. The van der Waals surface area contributed by atoms with Crippen molar-refractivity contribution in [3.8, 4) is 0 Å². The Morgan fingerprint density at radius 2 is 2.07 bits per heavy atom. The lowest BCUT2D eigenvalue weighted by atomic mass is 10.0. The minimum absolute atomic E-state index is 0.259. The highest BCUT2D eigenvalue weighted by Gasteiger charge is 2.35. The molecule has 2 atom stereocenters. The maximum absolute atomic E-state index is 11.5. The van der Waals surface area contributed by atoms with E-state index in [1.807, 2.05) is 6.92 Å². The standard InChI is InChI=1S/C10H21NO3/c1-6-8(2)11-10(3,7-13-4)9(12)14-5/h8,11H,6-7H2,1-5H3. The van der Waals surface area contributed by atoms with Crippen molar-refractivity contribution in [2.24, 2.45) is 0 Å². The number of nitrogens with one attached hydrogen (secondary N) is 1. The van der Waals surface area contributed by atoms with Crippen molar-refractivity contribution in [2.75, 3.05) is 20.8 Å². The molecule has 2 unspecified atom stereocenters.